The van der Waals surface area contributed by atoms with Gasteiger partial charge in [-0.15, -0.1) is 0 Å². The van der Waals surface area contributed by atoms with Crippen molar-refractivity contribution in [1.29, 1.82) is 0 Å². The average molecular weight is 461 g/mol. The number of benzene rings is 2. The number of ether oxygens (including phenoxy) is 1. The number of carbonyl (C=O) groups excluding carboxylic acids is 1. The van der Waals surface area contributed by atoms with Crippen LogP contribution in [0.1, 0.15) is 5.56 Å². The molecule has 31 heavy (non-hydrogen) atoms. The van der Waals surface area contributed by atoms with Crippen molar-refractivity contribution < 1.29 is 13.9 Å². The lowest BCUT2D eigenvalue weighted by atomic mass is 10.0. The summed E-state index contributed by atoms with van der Waals surface area (Å²) in [6.07, 6.45) is 1.35. The third-order valence-corrected chi connectivity index (χ3v) is 6.63. The maximum absolute atomic E-state index is 14.2. The Morgan fingerprint density at radius 3 is 2.74 bits per heavy atom. The summed E-state index contributed by atoms with van der Waals surface area (Å²) in [6, 6.07) is 6.79. The number of aromatic nitrogens is 1. The van der Waals surface area contributed by atoms with E-state index in [1.165, 1.54) is 12.1 Å². The molecule has 1 aromatic heterocycles. The molecule has 1 fully saturated rings. The van der Waals surface area contributed by atoms with Gasteiger partial charge in [0.1, 0.15) is 11.6 Å². The van der Waals surface area contributed by atoms with Gasteiger partial charge in [0.2, 0.25) is 5.91 Å². The minimum absolute atomic E-state index is 0.0436. The summed E-state index contributed by atoms with van der Waals surface area (Å²) in [7, 11) is 1.61. The Hall–Kier alpha value is -2.68. The molecule has 1 aliphatic rings. The number of methoxy groups -OCH3 is 1. The van der Waals surface area contributed by atoms with Gasteiger partial charge in [0.15, 0.2) is 5.13 Å². The highest BCUT2D eigenvalue weighted by atomic mass is 35.5. The van der Waals surface area contributed by atoms with Crippen molar-refractivity contribution in [2.24, 2.45) is 0 Å². The van der Waals surface area contributed by atoms with Gasteiger partial charge in [-0.3, -0.25) is 9.69 Å². The fourth-order valence-corrected chi connectivity index (χ4v) is 4.87. The topological polar surface area (TPSA) is 71.7 Å². The molecule has 2 aromatic carbocycles. The molecule has 0 unspecified atom stereocenters. The molecular weight excluding hydrogens is 439 g/mol. The second-order valence-corrected chi connectivity index (χ2v) is 8.71. The summed E-state index contributed by atoms with van der Waals surface area (Å²) in [5.74, 6) is 0.282. The fraction of sp³-hybridized carbons (Fsp3) is 0.273. The number of hydrogen-bond acceptors (Lipinski definition) is 6. The SMILES string of the molecule is C=CC(=O)N1CCN(Cc2cc(Cl)c(-c3ccc(F)c4sc(N)nc34)cc2OC)CC1. The van der Waals surface area contributed by atoms with Gasteiger partial charge >= 0.3 is 0 Å². The summed E-state index contributed by atoms with van der Waals surface area (Å²) >= 11 is 7.76. The first-order valence-electron chi connectivity index (χ1n) is 9.76. The number of hydrogen-bond donors (Lipinski definition) is 1. The first kappa shape index (κ1) is 21.5. The molecule has 2 heterocycles. The van der Waals surface area contributed by atoms with E-state index in [2.05, 4.69) is 16.5 Å². The Labute approximate surface area is 188 Å². The van der Waals surface area contributed by atoms with Crippen LogP contribution >= 0.6 is 22.9 Å². The van der Waals surface area contributed by atoms with Crippen LogP contribution in [0.4, 0.5) is 9.52 Å². The summed E-state index contributed by atoms with van der Waals surface area (Å²) in [5.41, 5.74) is 8.65. The molecule has 0 bridgehead atoms. The monoisotopic (exact) mass is 460 g/mol. The smallest absolute Gasteiger partial charge is 0.246 e. The summed E-state index contributed by atoms with van der Waals surface area (Å²) in [6.45, 7) is 6.99. The van der Waals surface area contributed by atoms with Crippen LogP contribution in [0, 0.1) is 5.82 Å². The van der Waals surface area contributed by atoms with Gasteiger partial charge < -0.3 is 15.4 Å². The predicted molar refractivity (Wildman–Crippen MR) is 123 cm³/mol. The molecule has 162 valence electrons. The highest BCUT2D eigenvalue weighted by Gasteiger charge is 2.22. The zero-order valence-electron chi connectivity index (χ0n) is 17.0. The minimum atomic E-state index is -0.360. The van der Waals surface area contributed by atoms with E-state index in [0.717, 1.165) is 30.0 Å². The quantitative estimate of drug-likeness (QED) is 0.578. The molecule has 1 saturated heterocycles. The third-order valence-electron chi connectivity index (χ3n) is 5.42. The van der Waals surface area contributed by atoms with Crippen molar-refractivity contribution in [3.63, 3.8) is 0 Å². The van der Waals surface area contributed by atoms with E-state index >= 15 is 0 Å². The van der Waals surface area contributed by atoms with Crippen LogP contribution in [-0.2, 0) is 11.3 Å². The summed E-state index contributed by atoms with van der Waals surface area (Å²) < 4.78 is 20.2. The number of nitrogens with two attached hydrogens (primary N) is 1. The zero-order chi connectivity index (χ0) is 22.1. The van der Waals surface area contributed by atoms with Crippen LogP contribution in [-0.4, -0.2) is 54.0 Å². The number of anilines is 1. The van der Waals surface area contributed by atoms with Gasteiger partial charge in [-0.2, -0.15) is 0 Å². The molecule has 2 N–H and O–H groups in total. The molecule has 0 radical (unpaired) electrons. The van der Waals surface area contributed by atoms with Crippen molar-refractivity contribution in [1.82, 2.24) is 14.8 Å². The molecule has 1 aliphatic heterocycles. The van der Waals surface area contributed by atoms with Crippen LogP contribution in [0.5, 0.6) is 5.75 Å². The maximum atomic E-state index is 14.2. The Bertz CT molecular complexity index is 1160. The fourth-order valence-electron chi connectivity index (χ4n) is 3.82. The molecule has 0 saturated carbocycles. The lowest BCUT2D eigenvalue weighted by Gasteiger charge is -2.34. The molecule has 0 aliphatic carbocycles. The van der Waals surface area contributed by atoms with Gasteiger partial charge in [0.25, 0.3) is 0 Å². The minimum Gasteiger partial charge on any atom is -0.496 e. The number of nitrogens with zero attached hydrogens (tertiary/aromatic N) is 3. The molecule has 1 amide bonds. The first-order chi connectivity index (χ1) is 14.9. The normalized spacial score (nSPS) is 14.7. The Morgan fingerprint density at radius 2 is 2.06 bits per heavy atom. The van der Waals surface area contributed by atoms with E-state index in [-0.39, 0.29) is 11.7 Å². The number of amides is 1. The number of thiazole rings is 1. The third kappa shape index (κ3) is 4.23. The van der Waals surface area contributed by atoms with Crippen molar-refractivity contribution in [3.05, 3.63) is 53.3 Å². The van der Waals surface area contributed by atoms with E-state index in [9.17, 15) is 9.18 Å². The van der Waals surface area contributed by atoms with E-state index in [0.29, 0.717) is 56.9 Å². The van der Waals surface area contributed by atoms with Crippen molar-refractivity contribution in [3.8, 4) is 16.9 Å². The van der Waals surface area contributed by atoms with E-state index in [4.69, 9.17) is 22.1 Å². The molecule has 3 aromatic rings. The highest BCUT2D eigenvalue weighted by molar-refractivity contribution is 7.22. The van der Waals surface area contributed by atoms with Gasteiger partial charge in [-0.1, -0.05) is 29.5 Å². The second kappa shape index (κ2) is 8.82. The van der Waals surface area contributed by atoms with E-state index in [1.54, 1.807) is 18.1 Å². The summed E-state index contributed by atoms with van der Waals surface area (Å²) in [4.78, 5) is 20.1. The van der Waals surface area contributed by atoms with Crippen LogP contribution in [0.15, 0.2) is 36.9 Å². The van der Waals surface area contributed by atoms with Crippen molar-refractivity contribution in [2.75, 3.05) is 39.0 Å². The average Bonchev–Trinajstić information content (AvgIpc) is 3.17. The van der Waals surface area contributed by atoms with E-state index < -0.39 is 0 Å². The van der Waals surface area contributed by atoms with Gasteiger partial charge in [-0.25, -0.2) is 9.37 Å². The standard InChI is InChI=1S/C22H22ClFN4O2S/c1-3-19(29)28-8-6-27(7-9-28)12-13-10-16(23)15(11-18(13)30-2)14-4-5-17(24)21-20(14)26-22(25)31-21/h3-5,10-11H,1,6-9,12H2,2H3,(H2,25,26). The zero-order valence-corrected chi connectivity index (χ0v) is 18.6. The first-order valence-corrected chi connectivity index (χ1v) is 11.0. The van der Waals surface area contributed by atoms with Crippen molar-refractivity contribution in [2.45, 2.75) is 6.54 Å². The lowest BCUT2D eigenvalue weighted by molar-refractivity contribution is -0.127. The number of carbonyl (C=O) groups is 1. The lowest BCUT2D eigenvalue weighted by Crippen LogP contribution is -2.47. The van der Waals surface area contributed by atoms with E-state index in [1.807, 2.05) is 12.1 Å². The second-order valence-electron chi connectivity index (χ2n) is 7.27. The Morgan fingerprint density at radius 1 is 1.32 bits per heavy atom. The molecule has 9 heteroatoms. The van der Waals surface area contributed by atoms with Crippen LogP contribution in [0.25, 0.3) is 21.3 Å². The van der Waals surface area contributed by atoms with Gasteiger partial charge in [-0.05, 0) is 30.3 Å². The number of fused-ring (bicyclic) bond motifs is 1. The number of halogens is 2. The predicted octanol–water partition coefficient (Wildman–Crippen LogP) is 4.18. The number of piperazine rings is 1. The van der Waals surface area contributed by atoms with Crippen LogP contribution in [0.2, 0.25) is 5.02 Å². The largest absolute Gasteiger partial charge is 0.496 e. The molecular formula is C22H22ClFN4O2S. The van der Waals surface area contributed by atoms with Gasteiger partial charge in [0.05, 0.1) is 17.3 Å². The molecule has 0 spiro atoms. The molecule has 0 atom stereocenters. The van der Waals surface area contributed by atoms with Crippen LogP contribution in [0.3, 0.4) is 0 Å². The number of nitrogen functional groups attached to an aromatic ring is 1. The summed E-state index contributed by atoms with van der Waals surface area (Å²) in [5, 5.41) is 0.825. The molecule has 4 rings (SSSR count). The van der Waals surface area contributed by atoms with Crippen molar-refractivity contribution >= 4 is 44.2 Å². The molecule has 6 nitrogen and oxygen atoms in total. The Balaban J connectivity index is 1.62. The Kier molecular flexibility index (Phi) is 6.13. The number of rotatable bonds is 5. The maximum Gasteiger partial charge on any atom is 0.246 e. The van der Waals surface area contributed by atoms with Crippen LogP contribution < -0.4 is 10.5 Å². The highest BCUT2D eigenvalue weighted by Crippen LogP contribution is 2.40. The van der Waals surface area contributed by atoms with Gasteiger partial charge in [0, 0.05) is 54.4 Å².